The summed E-state index contributed by atoms with van der Waals surface area (Å²) in [6, 6.07) is 58.9. The fourth-order valence-electron chi connectivity index (χ4n) is 15.4. The van der Waals surface area contributed by atoms with Gasteiger partial charge in [0.05, 0.1) is 50.2 Å². The number of imidazole rings is 5. The Morgan fingerprint density at radius 1 is 0.432 bits per heavy atom. The largest absolute Gasteiger partial charge is 0.434 e. The predicted octanol–water partition coefficient (Wildman–Crippen LogP) is 15.4. The number of likely N-dealkylation sites (N-methyl/N-ethyl adjacent to an activating group) is 1. The number of nitrogens with zero attached hydrogens (tertiary/aromatic N) is 15. The average Bonchev–Trinajstić information content (AvgIpc) is 1.65. The number of aryl methyl sites for hydroxylation is 1. The van der Waals surface area contributed by atoms with Crippen molar-refractivity contribution in [3.63, 3.8) is 0 Å². The minimum absolute atomic E-state index is 0.0263. The van der Waals surface area contributed by atoms with Gasteiger partial charge in [0.15, 0.2) is 11.4 Å². The van der Waals surface area contributed by atoms with Crippen LogP contribution in [-0.2, 0) is 94.6 Å². The van der Waals surface area contributed by atoms with Gasteiger partial charge < -0.3 is 47.0 Å². The zero-order valence-corrected chi connectivity index (χ0v) is 85.4. The van der Waals surface area contributed by atoms with Crippen LogP contribution in [0.15, 0.2) is 291 Å². The molecule has 0 bridgehead atoms. The maximum Gasteiger partial charge on any atom is 0.434 e. The smallest absolute Gasteiger partial charge is 0.361 e. The van der Waals surface area contributed by atoms with E-state index in [1.165, 1.54) is 129 Å². The number of likely N-dealkylation sites (tertiary alicyclic amines) is 1. The highest BCUT2D eigenvalue weighted by Crippen LogP contribution is 2.38. The first-order chi connectivity index (χ1) is 69.2. The Balaban J connectivity index is 0.000000165. The number of primary sulfonamides is 5. The van der Waals surface area contributed by atoms with E-state index in [2.05, 4.69) is 48.8 Å². The minimum atomic E-state index is -4.60. The van der Waals surface area contributed by atoms with E-state index in [-0.39, 0.29) is 103 Å². The van der Waals surface area contributed by atoms with Crippen molar-refractivity contribution in [1.82, 2.24) is 72.5 Å². The van der Waals surface area contributed by atoms with Gasteiger partial charge in [-0.25, -0.2) is 101 Å². The normalized spacial score (nSPS) is 13.4. The first-order valence-electron chi connectivity index (χ1n) is 45.2. The number of carbonyl (C=O) groups is 2. The van der Waals surface area contributed by atoms with Crippen LogP contribution in [0.3, 0.4) is 0 Å². The van der Waals surface area contributed by atoms with Crippen molar-refractivity contribution in [2.45, 2.75) is 134 Å². The van der Waals surface area contributed by atoms with Crippen molar-refractivity contribution in [2.24, 2.45) is 25.7 Å². The highest BCUT2D eigenvalue weighted by atomic mass is 32.2. The molecule has 0 aliphatic carbocycles. The summed E-state index contributed by atoms with van der Waals surface area (Å²) in [6.07, 6.45) is -1.11. The van der Waals surface area contributed by atoms with Crippen LogP contribution < -0.4 is 25.7 Å². The molecular formula is C100H106F10N20O13S5. The molecule has 16 rings (SSSR count). The van der Waals surface area contributed by atoms with Crippen LogP contribution in [0.25, 0.3) is 56.9 Å². The molecule has 2 unspecified atom stereocenters. The Labute approximate surface area is 848 Å². The van der Waals surface area contributed by atoms with E-state index in [9.17, 15) is 95.6 Å². The van der Waals surface area contributed by atoms with Gasteiger partial charge >= 0.3 is 12.4 Å². The summed E-state index contributed by atoms with van der Waals surface area (Å²) in [4.78, 5) is 53.9. The molecule has 7 heterocycles. The molecule has 0 radical (unpaired) electrons. The summed E-state index contributed by atoms with van der Waals surface area (Å²) < 4.78 is 263. The van der Waals surface area contributed by atoms with Gasteiger partial charge in [0, 0.05) is 122 Å². The van der Waals surface area contributed by atoms with Gasteiger partial charge in [-0.05, 0) is 217 Å². The molecule has 0 spiro atoms. The zero-order chi connectivity index (χ0) is 108. The standard InChI is InChI=1S/C23H26FN5O3S.C23H28FN5O3S.C20H20F3N3O2S.C18H16F3N3O2S.C16H16F2N4O3S/c1-27(2)18-11-12-28(14-18)23(30)21-15-29(13-17-5-3-4-6-20(17)24)22(26-21)16-7-9-19(10-8-16)33(25,31)32;1-27(2)13-6-14-28(3)23(30)21-16-29(15-18-7-4-5-8-20(18)24)22(26-21)17-9-11-19(12-10-17)33(25,31)32;1-13(2)15-5-3-14(4-6-15)11-26-12-18(20(21,22)23)25-19(26)16-7-9-17(10-8-16)29(24,27)28;1-12(13-5-3-2-4-6-13)24-11-16(18(19,20)21)23-17(24)14-7-9-15(10-8-14)27(22,25)26;1-10-7-12(21-25-10)8-22-9-14(16(2,17)18)20-15(22)11-3-5-13(6-4-11)26(19,23)24/h3-10,15,18H,11-14H2,1-2H3,(H2,25,31,32);4-5,7-12,16H,6,13-15H2,1-3H3,(H2,25,31,32);3-10,12-13H,11H2,1-2H3,(H2,24,27,28);2-12H,1H3,(H2,22,25,26);3-7,9H,8H2,1-2H3,(H2,19,23,24). The predicted molar refractivity (Wildman–Crippen MR) is 534 cm³/mol. The Bertz CT molecular complexity index is 7800. The number of hydrogen-bond donors (Lipinski definition) is 5. The lowest BCUT2D eigenvalue weighted by molar-refractivity contribution is -0.141. The van der Waals surface area contributed by atoms with Crippen LogP contribution in [0.1, 0.15) is 130 Å². The molecule has 1 fully saturated rings. The van der Waals surface area contributed by atoms with E-state index in [0.717, 1.165) is 55.4 Å². The zero-order valence-electron chi connectivity index (χ0n) is 81.4. The summed E-state index contributed by atoms with van der Waals surface area (Å²) in [5.41, 5.74) is 4.59. The number of hydrogen-bond acceptors (Lipinski definition) is 21. The van der Waals surface area contributed by atoms with Crippen LogP contribution in [0, 0.1) is 18.6 Å². The fourth-order valence-corrected chi connectivity index (χ4v) is 18.0. The van der Waals surface area contributed by atoms with Gasteiger partial charge in [0.1, 0.15) is 69.3 Å². The van der Waals surface area contributed by atoms with Gasteiger partial charge in [-0.15, -0.1) is 0 Å². The molecule has 33 nitrogen and oxygen atoms in total. The van der Waals surface area contributed by atoms with Crippen LogP contribution in [-0.4, -0.2) is 194 Å². The van der Waals surface area contributed by atoms with E-state index < -0.39 is 91.5 Å². The lowest BCUT2D eigenvalue weighted by Crippen LogP contribution is -2.34. The molecular weight excluding hydrogens is 2040 g/mol. The van der Waals surface area contributed by atoms with Crippen LogP contribution in [0.2, 0.25) is 0 Å². The molecule has 784 valence electrons. The molecule has 2 amide bonds. The summed E-state index contributed by atoms with van der Waals surface area (Å²) in [5.74, 6) is -2.05. The molecule has 1 aliphatic rings. The highest BCUT2D eigenvalue weighted by molar-refractivity contribution is 7.90. The second-order valence-corrected chi connectivity index (χ2v) is 43.3. The Morgan fingerprint density at radius 2 is 0.804 bits per heavy atom. The Morgan fingerprint density at radius 3 is 1.19 bits per heavy atom. The molecule has 6 aromatic heterocycles. The summed E-state index contributed by atoms with van der Waals surface area (Å²) in [6.45, 7) is 11.7. The Kier molecular flexibility index (Phi) is 35.5. The number of alkyl halides is 8. The van der Waals surface area contributed by atoms with Gasteiger partial charge in [-0.3, -0.25) is 9.59 Å². The van der Waals surface area contributed by atoms with Crippen LogP contribution in [0.5, 0.6) is 0 Å². The maximum atomic E-state index is 14.3. The SMILES string of the molecule is CC(C)c1ccc(Cn2cc(C(F)(F)F)nc2-c2ccc(S(N)(=O)=O)cc2)cc1.CC(c1ccccc1)n1cc(C(F)(F)F)nc1-c1ccc(S(N)(=O)=O)cc1.CN(C)C1CCN(C(=O)c2cn(Cc3ccccc3F)c(-c3ccc(S(N)(=O)=O)cc3)n2)C1.CN(C)CCCN(C)C(=O)c1cn(Cc2ccccc2F)c(-c2ccc(S(N)(=O)=O)cc2)n1.Cc1cc(Cn2cc(C(C)(F)F)nc2-c2ccc(S(N)(=O)=O)cc2)no1. The maximum absolute atomic E-state index is 14.3. The number of aromatic nitrogens is 11. The van der Waals surface area contributed by atoms with Crippen molar-refractivity contribution in [3.05, 3.63) is 341 Å². The quantitative estimate of drug-likeness (QED) is 0.0272. The highest BCUT2D eigenvalue weighted by Gasteiger charge is 2.39. The van der Waals surface area contributed by atoms with E-state index in [0.29, 0.717) is 93.6 Å². The average molecular weight is 2150 g/mol. The first-order valence-corrected chi connectivity index (χ1v) is 52.9. The third-order valence-corrected chi connectivity index (χ3v) is 28.1. The van der Waals surface area contributed by atoms with E-state index in [1.54, 1.807) is 131 Å². The second kappa shape index (κ2) is 46.6. The lowest BCUT2D eigenvalue weighted by atomic mass is 10.0. The summed E-state index contributed by atoms with van der Waals surface area (Å²) in [7, 11) is -9.68. The topological polar surface area (TPSA) is 463 Å². The van der Waals surface area contributed by atoms with Gasteiger partial charge in [0.2, 0.25) is 50.1 Å². The van der Waals surface area contributed by atoms with E-state index >= 15 is 0 Å². The van der Waals surface area contributed by atoms with E-state index in [4.69, 9.17) is 30.2 Å². The summed E-state index contributed by atoms with van der Waals surface area (Å²) >= 11 is 0. The molecule has 10 N–H and O–H groups in total. The number of halogens is 10. The van der Waals surface area contributed by atoms with Crippen LogP contribution >= 0.6 is 0 Å². The van der Waals surface area contributed by atoms with Crippen molar-refractivity contribution < 1.29 is 100 Å². The van der Waals surface area contributed by atoms with Crippen molar-refractivity contribution in [2.75, 3.05) is 61.4 Å². The Hall–Kier alpha value is -14.1. The van der Waals surface area contributed by atoms with Gasteiger partial charge in [-0.2, -0.15) is 35.1 Å². The molecule has 1 saturated heterocycles. The van der Waals surface area contributed by atoms with Crippen molar-refractivity contribution in [1.29, 1.82) is 0 Å². The summed E-state index contributed by atoms with van der Waals surface area (Å²) in [5, 5.41) is 29.5. The molecule has 15 aromatic rings. The van der Waals surface area contributed by atoms with Gasteiger partial charge in [0.25, 0.3) is 17.7 Å². The molecule has 0 saturated carbocycles. The van der Waals surface area contributed by atoms with Crippen molar-refractivity contribution >= 4 is 61.9 Å². The monoisotopic (exact) mass is 2140 g/mol. The third kappa shape index (κ3) is 29.7. The first kappa shape index (κ1) is 113. The second-order valence-electron chi connectivity index (χ2n) is 35.5. The molecule has 148 heavy (non-hydrogen) atoms. The number of nitrogens with two attached hydrogens (primary N) is 5. The number of amides is 2. The van der Waals surface area contributed by atoms with Crippen molar-refractivity contribution in [3.8, 4) is 56.9 Å². The number of sulfonamides is 5. The number of rotatable bonds is 29. The number of carbonyl (C=O) groups excluding carboxylic acids is 2. The van der Waals surface area contributed by atoms with Crippen LogP contribution in [0.4, 0.5) is 43.9 Å². The van der Waals surface area contributed by atoms with Gasteiger partial charge in [-0.1, -0.05) is 110 Å². The third-order valence-electron chi connectivity index (χ3n) is 23.4. The molecule has 2 atom stereocenters. The molecule has 9 aromatic carbocycles. The minimum Gasteiger partial charge on any atom is -0.361 e. The molecule has 48 heteroatoms. The number of benzene rings is 9. The fraction of sp³-hybridized carbons (Fsp3) is 0.260. The lowest BCUT2D eigenvalue weighted by Gasteiger charge is -2.19. The molecule has 1 aliphatic heterocycles. The van der Waals surface area contributed by atoms with E-state index in [1.807, 2.05) is 75.6 Å².